The highest BCUT2D eigenvalue weighted by Crippen LogP contribution is 2.21. The lowest BCUT2D eigenvalue weighted by molar-refractivity contribution is -0.137. The fourth-order valence-corrected chi connectivity index (χ4v) is 3.01. The molecular formula is C20H17ClN4O4. The second kappa shape index (κ2) is 8.57. The Labute approximate surface area is 170 Å². The number of carbonyl (C=O) groups is 3. The Morgan fingerprint density at radius 1 is 1.10 bits per heavy atom. The highest BCUT2D eigenvalue weighted by atomic mass is 35.5. The van der Waals surface area contributed by atoms with Gasteiger partial charge in [0.25, 0.3) is 11.8 Å². The van der Waals surface area contributed by atoms with E-state index in [1.54, 1.807) is 54.6 Å². The summed E-state index contributed by atoms with van der Waals surface area (Å²) < 4.78 is 1.27. The number of hydrogen-bond acceptors (Lipinski definition) is 4. The molecule has 2 amide bonds. The van der Waals surface area contributed by atoms with Crippen molar-refractivity contribution in [2.24, 2.45) is 5.73 Å². The summed E-state index contributed by atoms with van der Waals surface area (Å²) in [7, 11) is 0. The molecule has 0 fully saturated rings. The quantitative estimate of drug-likeness (QED) is 0.549. The van der Waals surface area contributed by atoms with Crippen molar-refractivity contribution in [2.45, 2.75) is 12.5 Å². The molecule has 1 atom stereocenters. The minimum atomic E-state index is -1.09. The number of hydrogen-bond donors (Lipinski definition) is 3. The smallest absolute Gasteiger partial charge is 0.305 e. The number of amides is 2. The van der Waals surface area contributed by atoms with E-state index in [1.807, 2.05) is 0 Å². The molecule has 0 unspecified atom stereocenters. The number of carboxylic acid groups (broad SMARTS) is 1. The van der Waals surface area contributed by atoms with Gasteiger partial charge in [-0.3, -0.25) is 14.4 Å². The molecule has 0 spiro atoms. The largest absolute Gasteiger partial charge is 0.481 e. The first-order valence-corrected chi connectivity index (χ1v) is 8.96. The third kappa shape index (κ3) is 4.80. The van der Waals surface area contributed by atoms with Crippen LogP contribution in [0.25, 0.3) is 5.69 Å². The van der Waals surface area contributed by atoms with E-state index in [9.17, 15) is 19.5 Å². The molecule has 1 heterocycles. The zero-order valence-corrected chi connectivity index (χ0v) is 15.8. The first kappa shape index (κ1) is 20.1. The highest BCUT2D eigenvalue weighted by Gasteiger charge is 2.23. The maximum Gasteiger partial charge on any atom is 0.305 e. The predicted molar refractivity (Wildman–Crippen MR) is 106 cm³/mol. The fourth-order valence-electron chi connectivity index (χ4n) is 2.82. The van der Waals surface area contributed by atoms with Gasteiger partial charge in [-0.25, -0.2) is 4.68 Å². The lowest BCUT2D eigenvalue weighted by atomic mass is 10.0. The number of carbonyl (C=O) groups excluding carboxylic acids is 2. The summed E-state index contributed by atoms with van der Waals surface area (Å²) in [5.74, 6) is -2.49. The number of aromatic nitrogens is 2. The molecule has 0 saturated heterocycles. The van der Waals surface area contributed by atoms with E-state index in [0.29, 0.717) is 16.3 Å². The van der Waals surface area contributed by atoms with Gasteiger partial charge in [-0.2, -0.15) is 5.10 Å². The van der Waals surface area contributed by atoms with E-state index in [1.165, 1.54) is 10.7 Å². The Bertz CT molecular complexity index is 1070. The van der Waals surface area contributed by atoms with Crippen LogP contribution in [-0.4, -0.2) is 32.7 Å². The van der Waals surface area contributed by atoms with Gasteiger partial charge in [-0.1, -0.05) is 41.9 Å². The number of rotatable bonds is 7. The molecule has 29 heavy (non-hydrogen) atoms. The average Bonchev–Trinajstić information content (AvgIpc) is 3.14. The third-order valence-corrected chi connectivity index (χ3v) is 4.37. The molecular weight excluding hydrogens is 396 g/mol. The van der Waals surface area contributed by atoms with Gasteiger partial charge in [0.05, 0.1) is 18.2 Å². The van der Waals surface area contributed by atoms with E-state index in [2.05, 4.69) is 10.4 Å². The van der Waals surface area contributed by atoms with Gasteiger partial charge in [0, 0.05) is 11.1 Å². The molecule has 0 bridgehead atoms. The zero-order valence-electron chi connectivity index (χ0n) is 15.1. The van der Waals surface area contributed by atoms with Crippen LogP contribution in [0.5, 0.6) is 0 Å². The molecule has 148 valence electrons. The molecule has 0 aliphatic heterocycles. The standard InChI is InChI=1S/C20H17ClN4O4/c21-13-6-4-5-12(9-13)15(11-18(26)27)23-20(29)16-10-17(19(22)28)25(24-16)14-7-2-1-3-8-14/h1-10,15H,11H2,(H2,22,28)(H,23,29)(H,26,27)/t15-/m1/s1. The molecule has 8 nitrogen and oxygen atoms in total. The van der Waals surface area contributed by atoms with E-state index in [-0.39, 0.29) is 17.8 Å². The molecule has 0 aliphatic rings. The lowest BCUT2D eigenvalue weighted by Gasteiger charge is -2.17. The summed E-state index contributed by atoms with van der Waals surface area (Å²) in [6.45, 7) is 0. The Hall–Kier alpha value is -3.65. The molecule has 2 aromatic carbocycles. The van der Waals surface area contributed by atoms with Crippen LogP contribution in [0.15, 0.2) is 60.7 Å². The molecule has 0 aliphatic carbocycles. The summed E-state index contributed by atoms with van der Waals surface area (Å²) in [5.41, 5.74) is 6.46. The van der Waals surface area contributed by atoms with Crippen molar-refractivity contribution in [3.63, 3.8) is 0 Å². The summed E-state index contributed by atoms with van der Waals surface area (Å²) in [6.07, 6.45) is -0.353. The highest BCUT2D eigenvalue weighted by molar-refractivity contribution is 6.30. The van der Waals surface area contributed by atoms with Crippen molar-refractivity contribution in [1.82, 2.24) is 15.1 Å². The molecule has 0 radical (unpaired) electrons. The van der Waals surface area contributed by atoms with Crippen LogP contribution in [-0.2, 0) is 4.79 Å². The Morgan fingerprint density at radius 2 is 1.83 bits per heavy atom. The number of primary amides is 1. The number of nitrogens with one attached hydrogen (secondary N) is 1. The number of para-hydroxylation sites is 1. The minimum absolute atomic E-state index is 0.0268. The van der Waals surface area contributed by atoms with Crippen LogP contribution >= 0.6 is 11.6 Å². The van der Waals surface area contributed by atoms with Gasteiger partial charge in [-0.05, 0) is 29.8 Å². The van der Waals surface area contributed by atoms with Crippen molar-refractivity contribution < 1.29 is 19.5 Å². The van der Waals surface area contributed by atoms with Gasteiger partial charge in [0.1, 0.15) is 5.69 Å². The number of benzene rings is 2. The van der Waals surface area contributed by atoms with Crippen molar-refractivity contribution >= 4 is 29.4 Å². The monoisotopic (exact) mass is 412 g/mol. The zero-order chi connectivity index (χ0) is 21.0. The third-order valence-electron chi connectivity index (χ3n) is 4.13. The van der Waals surface area contributed by atoms with Crippen molar-refractivity contribution in [2.75, 3.05) is 0 Å². The van der Waals surface area contributed by atoms with Gasteiger partial charge < -0.3 is 16.2 Å². The van der Waals surface area contributed by atoms with Crippen molar-refractivity contribution in [1.29, 1.82) is 0 Å². The summed E-state index contributed by atoms with van der Waals surface area (Å²) in [5, 5.41) is 16.4. The van der Waals surface area contributed by atoms with Crippen LogP contribution in [0.1, 0.15) is 39.0 Å². The molecule has 1 aromatic heterocycles. The van der Waals surface area contributed by atoms with Gasteiger partial charge in [0.15, 0.2) is 5.69 Å². The van der Waals surface area contributed by atoms with Crippen LogP contribution in [0, 0.1) is 0 Å². The number of halogens is 1. The number of nitrogens with zero attached hydrogens (tertiary/aromatic N) is 2. The summed E-state index contributed by atoms with van der Waals surface area (Å²) in [4.78, 5) is 35.8. The van der Waals surface area contributed by atoms with Crippen molar-refractivity contribution in [3.8, 4) is 5.69 Å². The Kier molecular flexibility index (Phi) is 5.94. The molecule has 4 N–H and O–H groups in total. The second-order valence-electron chi connectivity index (χ2n) is 6.21. The van der Waals surface area contributed by atoms with E-state index >= 15 is 0 Å². The van der Waals surface area contributed by atoms with Crippen LogP contribution in [0.3, 0.4) is 0 Å². The molecule has 9 heteroatoms. The Morgan fingerprint density at radius 3 is 2.45 bits per heavy atom. The fraction of sp³-hybridized carbons (Fsp3) is 0.100. The van der Waals surface area contributed by atoms with E-state index in [0.717, 1.165) is 0 Å². The van der Waals surface area contributed by atoms with Gasteiger partial charge >= 0.3 is 5.97 Å². The SMILES string of the molecule is NC(=O)c1cc(C(=O)N[C@H](CC(=O)O)c2cccc(Cl)c2)nn1-c1ccccc1. The van der Waals surface area contributed by atoms with E-state index in [4.69, 9.17) is 17.3 Å². The Balaban J connectivity index is 1.92. The van der Waals surface area contributed by atoms with E-state index < -0.39 is 23.8 Å². The predicted octanol–water partition coefficient (Wildman–Crippen LogP) is 2.57. The van der Waals surface area contributed by atoms with Crippen LogP contribution in [0.4, 0.5) is 0 Å². The van der Waals surface area contributed by atoms with Gasteiger partial charge in [0.2, 0.25) is 0 Å². The molecule has 0 saturated carbocycles. The second-order valence-corrected chi connectivity index (χ2v) is 6.64. The summed E-state index contributed by atoms with van der Waals surface area (Å²) >= 11 is 5.98. The topological polar surface area (TPSA) is 127 Å². The van der Waals surface area contributed by atoms with Crippen molar-refractivity contribution in [3.05, 3.63) is 82.6 Å². The minimum Gasteiger partial charge on any atom is -0.481 e. The van der Waals surface area contributed by atoms with Gasteiger partial charge in [-0.15, -0.1) is 0 Å². The maximum atomic E-state index is 12.7. The lowest BCUT2D eigenvalue weighted by Crippen LogP contribution is -2.30. The van der Waals surface area contributed by atoms with Crippen LogP contribution < -0.4 is 11.1 Å². The number of carboxylic acids is 1. The maximum absolute atomic E-state index is 12.7. The molecule has 3 rings (SSSR count). The number of aliphatic carboxylic acids is 1. The first-order chi connectivity index (χ1) is 13.8. The molecule has 3 aromatic rings. The number of nitrogens with two attached hydrogens (primary N) is 1. The normalized spacial score (nSPS) is 11.6. The van der Waals surface area contributed by atoms with Crippen LogP contribution in [0.2, 0.25) is 5.02 Å². The average molecular weight is 413 g/mol. The first-order valence-electron chi connectivity index (χ1n) is 8.58. The summed E-state index contributed by atoms with van der Waals surface area (Å²) in [6, 6.07) is 15.7.